The summed E-state index contributed by atoms with van der Waals surface area (Å²) in [6.45, 7) is 1.95. The van der Waals surface area contributed by atoms with Crippen molar-refractivity contribution in [2.24, 2.45) is 0 Å². The van der Waals surface area contributed by atoms with Crippen LogP contribution in [0.15, 0.2) is 61.1 Å². The van der Waals surface area contributed by atoms with E-state index >= 15 is 0 Å². The molecule has 1 N–H and O–H groups in total. The van der Waals surface area contributed by atoms with E-state index in [1.54, 1.807) is 19.5 Å². The third-order valence-corrected chi connectivity index (χ3v) is 5.55. The maximum absolute atomic E-state index is 5.22. The highest BCUT2D eigenvalue weighted by Gasteiger charge is 2.25. The minimum absolute atomic E-state index is 0.360. The lowest BCUT2D eigenvalue weighted by molar-refractivity contribution is 0.295. The van der Waals surface area contributed by atoms with Crippen molar-refractivity contribution in [2.75, 3.05) is 20.7 Å². The molecule has 5 rings (SSSR count). The summed E-state index contributed by atoms with van der Waals surface area (Å²) in [4.78, 5) is 14.4. The molecule has 28 heavy (non-hydrogen) atoms. The molecule has 1 unspecified atom stereocenters. The summed E-state index contributed by atoms with van der Waals surface area (Å²) in [7, 11) is 3.80. The zero-order valence-electron chi connectivity index (χ0n) is 16.0. The van der Waals surface area contributed by atoms with Crippen molar-refractivity contribution in [2.45, 2.75) is 12.5 Å². The fraction of sp³-hybridized carbons (Fsp3) is 0.217. The number of methoxy groups -OCH3 is 1. The second-order valence-electron chi connectivity index (χ2n) is 7.43. The van der Waals surface area contributed by atoms with E-state index in [9.17, 15) is 0 Å². The first-order valence-corrected chi connectivity index (χ1v) is 9.46. The standard InChI is InChI=1S/C23H22N4O/c1-27-13-18-10-16(22-11-24-12-23(26-22)28-2)3-5-19(18)20(14-27)15-4-6-21-17(9-15)7-8-25-21/h3-12,20,25H,13-14H2,1-2H3. The van der Waals surface area contributed by atoms with Gasteiger partial charge in [0.15, 0.2) is 0 Å². The highest BCUT2D eigenvalue weighted by molar-refractivity contribution is 5.80. The maximum Gasteiger partial charge on any atom is 0.232 e. The van der Waals surface area contributed by atoms with Crippen molar-refractivity contribution in [3.63, 3.8) is 0 Å². The molecular weight excluding hydrogens is 348 g/mol. The number of nitrogens with one attached hydrogen (secondary N) is 1. The van der Waals surface area contributed by atoms with E-state index < -0.39 is 0 Å². The summed E-state index contributed by atoms with van der Waals surface area (Å²) in [6.07, 6.45) is 5.41. The van der Waals surface area contributed by atoms with Crippen molar-refractivity contribution < 1.29 is 4.74 Å². The summed E-state index contributed by atoms with van der Waals surface area (Å²) >= 11 is 0. The first-order chi connectivity index (χ1) is 13.7. The third kappa shape index (κ3) is 2.94. The summed E-state index contributed by atoms with van der Waals surface area (Å²) in [5.74, 6) is 0.892. The molecule has 0 saturated heterocycles. The number of fused-ring (bicyclic) bond motifs is 2. The molecule has 1 aliphatic rings. The van der Waals surface area contributed by atoms with Gasteiger partial charge in [-0.15, -0.1) is 0 Å². The lowest BCUT2D eigenvalue weighted by Crippen LogP contribution is -2.31. The van der Waals surface area contributed by atoms with Crippen LogP contribution < -0.4 is 4.74 Å². The molecule has 0 bridgehead atoms. The molecule has 140 valence electrons. The van der Waals surface area contributed by atoms with Gasteiger partial charge >= 0.3 is 0 Å². The Kier molecular flexibility index (Phi) is 4.10. The van der Waals surface area contributed by atoms with Crippen LogP contribution in [0.25, 0.3) is 22.2 Å². The van der Waals surface area contributed by atoms with Gasteiger partial charge < -0.3 is 14.6 Å². The number of rotatable bonds is 3. The van der Waals surface area contributed by atoms with Crippen molar-refractivity contribution in [1.82, 2.24) is 19.9 Å². The van der Waals surface area contributed by atoms with E-state index in [0.29, 0.717) is 11.8 Å². The maximum atomic E-state index is 5.22. The Balaban J connectivity index is 1.57. The van der Waals surface area contributed by atoms with Crippen molar-refractivity contribution in [1.29, 1.82) is 0 Å². The van der Waals surface area contributed by atoms with Crippen LogP contribution in [-0.2, 0) is 6.54 Å². The Hall–Kier alpha value is -3.18. The number of hydrogen-bond acceptors (Lipinski definition) is 4. The largest absolute Gasteiger partial charge is 0.480 e. The Labute approximate surface area is 164 Å². The summed E-state index contributed by atoms with van der Waals surface area (Å²) < 4.78 is 5.22. The van der Waals surface area contributed by atoms with E-state index in [-0.39, 0.29) is 0 Å². The number of H-pyrrole nitrogens is 1. The number of aromatic nitrogens is 3. The van der Waals surface area contributed by atoms with Gasteiger partial charge in [0.05, 0.1) is 25.2 Å². The zero-order chi connectivity index (χ0) is 19.1. The van der Waals surface area contributed by atoms with Crippen molar-refractivity contribution in [3.8, 4) is 17.1 Å². The second kappa shape index (κ2) is 6.77. The molecule has 0 fully saturated rings. The molecule has 2 aromatic carbocycles. The average Bonchev–Trinajstić information content (AvgIpc) is 3.20. The SMILES string of the molecule is COc1cncc(-c2ccc3c(c2)CN(C)CC3c2ccc3[nH]ccc3c2)n1. The van der Waals surface area contributed by atoms with Gasteiger partial charge in [0.1, 0.15) is 0 Å². The number of hydrogen-bond donors (Lipinski definition) is 1. The molecule has 5 nitrogen and oxygen atoms in total. The van der Waals surface area contributed by atoms with Crippen LogP contribution in [0, 0.1) is 0 Å². The summed E-state index contributed by atoms with van der Waals surface area (Å²) in [5.41, 5.74) is 7.18. The van der Waals surface area contributed by atoms with E-state index in [0.717, 1.165) is 24.3 Å². The summed E-state index contributed by atoms with van der Waals surface area (Å²) in [5, 5.41) is 1.26. The quantitative estimate of drug-likeness (QED) is 0.587. The smallest absolute Gasteiger partial charge is 0.232 e. The van der Waals surface area contributed by atoms with Crippen molar-refractivity contribution >= 4 is 10.9 Å². The zero-order valence-corrected chi connectivity index (χ0v) is 16.0. The minimum atomic E-state index is 0.360. The molecule has 1 atom stereocenters. The summed E-state index contributed by atoms with van der Waals surface area (Å²) in [6, 6.07) is 15.5. The molecule has 0 amide bonds. The highest BCUT2D eigenvalue weighted by Crippen LogP contribution is 2.36. The molecule has 1 aliphatic heterocycles. The van der Waals surface area contributed by atoms with E-state index in [2.05, 4.69) is 69.4 Å². The first-order valence-electron chi connectivity index (χ1n) is 9.46. The van der Waals surface area contributed by atoms with Crippen LogP contribution in [0.5, 0.6) is 5.88 Å². The molecule has 3 heterocycles. The lowest BCUT2D eigenvalue weighted by Gasteiger charge is -2.33. The van der Waals surface area contributed by atoms with E-state index in [1.807, 2.05) is 6.20 Å². The topological polar surface area (TPSA) is 54.0 Å². The van der Waals surface area contributed by atoms with Gasteiger partial charge in [-0.25, -0.2) is 4.98 Å². The normalized spacial score (nSPS) is 16.9. The number of nitrogens with zero attached hydrogens (tertiary/aromatic N) is 3. The van der Waals surface area contributed by atoms with Gasteiger partial charge in [0.2, 0.25) is 5.88 Å². The van der Waals surface area contributed by atoms with Gasteiger partial charge in [-0.1, -0.05) is 18.2 Å². The fourth-order valence-corrected chi connectivity index (χ4v) is 4.17. The van der Waals surface area contributed by atoms with E-state index in [1.165, 1.54) is 27.6 Å². The molecule has 2 aromatic heterocycles. The lowest BCUT2D eigenvalue weighted by atomic mass is 9.83. The Morgan fingerprint density at radius 3 is 2.93 bits per heavy atom. The predicted octanol–water partition coefficient (Wildman–Crippen LogP) is 4.21. The fourth-order valence-electron chi connectivity index (χ4n) is 4.17. The van der Waals surface area contributed by atoms with Crippen molar-refractivity contribution in [3.05, 3.63) is 77.7 Å². The third-order valence-electron chi connectivity index (χ3n) is 5.55. The number of benzene rings is 2. The molecule has 0 radical (unpaired) electrons. The molecule has 5 heteroatoms. The Morgan fingerprint density at radius 1 is 1.11 bits per heavy atom. The van der Waals surface area contributed by atoms with Crippen LogP contribution in [0.2, 0.25) is 0 Å². The van der Waals surface area contributed by atoms with Gasteiger partial charge in [-0.05, 0) is 53.4 Å². The Bertz CT molecular complexity index is 1150. The molecule has 4 aromatic rings. The van der Waals surface area contributed by atoms with Crippen LogP contribution in [0.1, 0.15) is 22.6 Å². The highest BCUT2D eigenvalue weighted by atomic mass is 16.5. The Morgan fingerprint density at radius 2 is 2.04 bits per heavy atom. The molecular formula is C23H22N4O. The predicted molar refractivity (Wildman–Crippen MR) is 110 cm³/mol. The monoisotopic (exact) mass is 370 g/mol. The van der Waals surface area contributed by atoms with Crippen LogP contribution >= 0.6 is 0 Å². The van der Waals surface area contributed by atoms with Crippen LogP contribution in [0.4, 0.5) is 0 Å². The van der Waals surface area contributed by atoms with Gasteiger partial charge in [0.25, 0.3) is 0 Å². The molecule has 0 aliphatic carbocycles. The minimum Gasteiger partial charge on any atom is -0.480 e. The number of aromatic amines is 1. The van der Waals surface area contributed by atoms with Crippen LogP contribution in [-0.4, -0.2) is 40.6 Å². The average molecular weight is 370 g/mol. The first kappa shape index (κ1) is 17.0. The van der Waals surface area contributed by atoms with E-state index in [4.69, 9.17) is 4.74 Å². The molecule has 0 saturated carbocycles. The van der Waals surface area contributed by atoms with Crippen LogP contribution in [0.3, 0.4) is 0 Å². The molecule has 0 spiro atoms. The van der Waals surface area contributed by atoms with Gasteiger partial charge in [-0.2, -0.15) is 0 Å². The van der Waals surface area contributed by atoms with Gasteiger partial charge in [0, 0.05) is 36.3 Å². The second-order valence-corrected chi connectivity index (χ2v) is 7.43. The van der Waals surface area contributed by atoms with Gasteiger partial charge in [-0.3, -0.25) is 4.98 Å². The number of ether oxygens (including phenoxy) is 1. The number of likely N-dealkylation sites (N-methyl/N-ethyl adjacent to an activating group) is 1.